The Bertz CT molecular complexity index is 1040. The van der Waals surface area contributed by atoms with E-state index in [9.17, 15) is 27.7 Å². The summed E-state index contributed by atoms with van der Waals surface area (Å²) in [5, 5.41) is 10.9. The number of nitrogens with zero attached hydrogens (tertiary/aromatic N) is 3. The smallest absolute Gasteiger partial charge is 0.288 e. The summed E-state index contributed by atoms with van der Waals surface area (Å²) in [6.45, 7) is 0.258. The van der Waals surface area contributed by atoms with Crippen LogP contribution in [0.15, 0.2) is 47.4 Å². The molecule has 1 saturated heterocycles. The van der Waals surface area contributed by atoms with Crippen LogP contribution in [0, 0.1) is 15.9 Å². The zero-order chi connectivity index (χ0) is 20.5. The molecule has 3 rings (SSSR count). The molecule has 2 aromatic carbocycles. The minimum atomic E-state index is -3.87. The largest absolute Gasteiger partial charge is 0.336 e. The Hall–Kier alpha value is -2.56. The van der Waals surface area contributed by atoms with Gasteiger partial charge in [0, 0.05) is 37.8 Å². The lowest BCUT2D eigenvalue weighted by Gasteiger charge is -2.34. The highest BCUT2D eigenvalue weighted by molar-refractivity contribution is 7.89. The number of carbonyl (C=O) groups is 1. The Morgan fingerprint density at radius 2 is 1.79 bits per heavy atom. The first kappa shape index (κ1) is 20.2. The third-order valence-electron chi connectivity index (χ3n) is 4.35. The number of piperazine rings is 1. The van der Waals surface area contributed by atoms with Crippen molar-refractivity contribution in [2.75, 3.05) is 26.2 Å². The van der Waals surface area contributed by atoms with Gasteiger partial charge in [-0.25, -0.2) is 12.8 Å². The fourth-order valence-electron chi connectivity index (χ4n) is 2.88. The van der Waals surface area contributed by atoms with Gasteiger partial charge < -0.3 is 4.90 Å². The van der Waals surface area contributed by atoms with Crippen molar-refractivity contribution in [3.63, 3.8) is 0 Å². The molecular formula is C17H15ClFN3O5S. The zero-order valence-corrected chi connectivity index (χ0v) is 16.0. The first-order chi connectivity index (χ1) is 13.2. The maximum Gasteiger partial charge on any atom is 0.288 e. The maximum atomic E-state index is 13.3. The number of benzene rings is 2. The van der Waals surface area contributed by atoms with Gasteiger partial charge in [-0.3, -0.25) is 14.9 Å². The highest BCUT2D eigenvalue weighted by Crippen LogP contribution is 2.26. The summed E-state index contributed by atoms with van der Waals surface area (Å²) in [5.74, 6) is -1.11. The molecule has 0 radical (unpaired) electrons. The van der Waals surface area contributed by atoms with Crippen molar-refractivity contribution < 1.29 is 22.5 Å². The number of nitro benzene ring substituents is 1. The van der Waals surface area contributed by atoms with Gasteiger partial charge in [-0.05, 0) is 30.3 Å². The normalized spacial score (nSPS) is 15.4. The quantitative estimate of drug-likeness (QED) is 0.551. The fourth-order valence-corrected chi connectivity index (χ4v) is 4.52. The molecule has 148 valence electrons. The van der Waals surface area contributed by atoms with Crippen molar-refractivity contribution in [2.24, 2.45) is 0 Å². The van der Waals surface area contributed by atoms with Gasteiger partial charge >= 0.3 is 0 Å². The highest BCUT2D eigenvalue weighted by atomic mass is 35.5. The van der Waals surface area contributed by atoms with Crippen molar-refractivity contribution >= 4 is 33.2 Å². The Morgan fingerprint density at radius 1 is 1.11 bits per heavy atom. The van der Waals surface area contributed by atoms with E-state index in [4.69, 9.17) is 11.6 Å². The maximum absolute atomic E-state index is 13.3. The van der Waals surface area contributed by atoms with E-state index in [2.05, 4.69) is 0 Å². The summed E-state index contributed by atoms with van der Waals surface area (Å²) in [6, 6.07) is 8.48. The lowest BCUT2D eigenvalue weighted by Crippen LogP contribution is -2.50. The molecule has 0 spiro atoms. The van der Waals surface area contributed by atoms with Gasteiger partial charge in [-0.2, -0.15) is 4.31 Å². The van der Waals surface area contributed by atoms with E-state index in [1.807, 2.05) is 0 Å². The molecule has 0 N–H and O–H groups in total. The summed E-state index contributed by atoms with van der Waals surface area (Å²) in [6.07, 6.45) is 0. The summed E-state index contributed by atoms with van der Waals surface area (Å²) >= 11 is 5.75. The summed E-state index contributed by atoms with van der Waals surface area (Å²) < 4.78 is 39.7. The highest BCUT2D eigenvalue weighted by Gasteiger charge is 2.31. The van der Waals surface area contributed by atoms with E-state index in [0.29, 0.717) is 0 Å². The van der Waals surface area contributed by atoms with Crippen LogP contribution in [0.25, 0.3) is 0 Å². The average Bonchev–Trinajstić information content (AvgIpc) is 2.67. The second-order valence-corrected chi connectivity index (χ2v) is 8.42. The fraction of sp³-hybridized carbons (Fsp3) is 0.235. The molecule has 11 heteroatoms. The van der Waals surface area contributed by atoms with Crippen LogP contribution in [0.1, 0.15) is 10.4 Å². The van der Waals surface area contributed by atoms with E-state index in [1.165, 1.54) is 33.5 Å². The molecular weight excluding hydrogens is 413 g/mol. The molecule has 1 aliphatic rings. The van der Waals surface area contributed by atoms with Crippen LogP contribution in [0.5, 0.6) is 0 Å². The van der Waals surface area contributed by atoms with E-state index in [0.717, 1.165) is 18.2 Å². The Labute approximate surface area is 165 Å². The summed E-state index contributed by atoms with van der Waals surface area (Å²) in [7, 11) is -3.87. The number of sulfonamides is 1. The van der Waals surface area contributed by atoms with Crippen LogP contribution >= 0.6 is 11.6 Å². The standard InChI is InChI=1S/C17H15ClFN3O5S/c18-15-5-4-12(10-16(15)22(24)25)17(23)20-6-8-21(9-7-20)28(26,27)14-3-1-2-13(19)11-14/h1-5,10-11H,6-9H2. The van der Waals surface area contributed by atoms with Crippen molar-refractivity contribution in [1.82, 2.24) is 9.21 Å². The average molecular weight is 428 g/mol. The number of nitro groups is 1. The number of halogens is 2. The van der Waals surface area contributed by atoms with E-state index in [1.54, 1.807) is 0 Å². The predicted octanol–water partition coefficient (Wildman–Crippen LogP) is 2.53. The second-order valence-electron chi connectivity index (χ2n) is 6.08. The summed E-state index contributed by atoms with van der Waals surface area (Å²) in [5.41, 5.74) is -0.280. The van der Waals surface area contributed by atoms with E-state index < -0.39 is 26.7 Å². The van der Waals surface area contributed by atoms with Crippen LogP contribution in [-0.4, -0.2) is 54.6 Å². The minimum absolute atomic E-state index is 0.0280. The van der Waals surface area contributed by atoms with Crippen molar-refractivity contribution in [2.45, 2.75) is 4.90 Å². The molecule has 1 heterocycles. The molecule has 0 aromatic heterocycles. The van der Waals surface area contributed by atoms with Crippen molar-refractivity contribution in [3.05, 3.63) is 69.0 Å². The van der Waals surface area contributed by atoms with Gasteiger partial charge in [-0.15, -0.1) is 0 Å². The first-order valence-corrected chi connectivity index (χ1v) is 10.0. The van der Waals surface area contributed by atoms with Gasteiger partial charge in [0.25, 0.3) is 11.6 Å². The minimum Gasteiger partial charge on any atom is -0.336 e. The molecule has 1 aliphatic heterocycles. The van der Waals surface area contributed by atoms with Gasteiger partial charge in [-0.1, -0.05) is 17.7 Å². The van der Waals surface area contributed by atoms with Crippen LogP contribution in [0.4, 0.5) is 10.1 Å². The molecule has 0 bridgehead atoms. The number of carbonyl (C=O) groups excluding carboxylic acids is 1. The topological polar surface area (TPSA) is 101 Å². The first-order valence-electron chi connectivity index (χ1n) is 8.19. The summed E-state index contributed by atoms with van der Waals surface area (Å²) in [4.78, 5) is 24.2. The third-order valence-corrected chi connectivity index (χ3v) is 6.56. The van der Waals surface area contributed by atoms with Gasteiger partial charge in [0.2, 0.25) is 10.0 Å². The van der Waals surface area contributed by atoms with Crippen LogP contribution < -0.4 is 0 Å². The van der Waals surface area contributed by atoms with E-state index >= 15 is 0 Å². The molecule has 0 aliphatic carbocycles. The molecule has 0 unspecified atom stereocenters. The van der Waals surface area contributed by atoms with Crippen molar-refractivity contribution in [3.8, 4) is 0 Å². The van der Waals surface area contributed by atoms with E-state index in [-0.39, 0.29) is 47.3 Å². The molecule has 1 fully saturated rings. The third kappa shape index (κ3) is 3.98. The van der Waals surface area contributed by atoms with Crippen LogP contribution in [0.3, 0.4) is 0 Å². The van der Waals surface area contributed by atoms with Crippen molar-refractivity contribution in [1.29, 1.82) is 0 Å². The number of hydrogen-bond donors (Lipinski definition) is 0. The van der Waals surface area contributed by atoms with Gasteiger partial charge in [0.15, 0.2) is 0 Å². The molecule has 1 amide bonds. The number of hydrogen-bond acceptors (Lipinski definition) is 5. The monoisotopic (exact) mass is 427 g/mol. The second kappa shape index (κ2) is 7.82. The van der Waals surface area contributed by atoms with Crippen LogP contribution in [-0.2, 0) is 10.0 Å². The van der Waals surface area contributed by atoms with Crippen LogP contribution in [0.2, 0.25) is 5.02 Å². The lowest BCUT2D eigenvalue weighted by molar-refractivity contribution is -0.384. The zero-order valence-electron chi connectivity index (χ0n) is 14.4. The Balaban J connectivity index is 1.72. The molecule has 28 heavy (non-hydrogen) atoms. The number of rotatable bonds is 4. The molecule has 2 aromatic rings. The number of amides is 1. The SMILES string of the molecule is O=C(c1ccc(Cl)c([N+](=O)[O-])c1)N1CCN(S(=O)(=O)c2cccc(F)c2)CC1. The molecule has 0 saturated carbocycles. The molecule has 8 nitrogen and oxygen atoms in total. The van der Waals surface area contributed by atoms with Gasteiger partial charge in [0.05, 0.1) is 9.82 Å². The Kier molecular flexibility index (Phi) is 5.64. The molecule has 0 atom stereocenters. The predicted molar refractivity (Wildman–Crippen MR) is 99.2 cm³/mol. The lowest BCUT2D eigenvalue weighted by atomic mass is 10.1. The van der Waals surface area contributed by atoms with Gasteiger partial charge in [0.1, 0.15) is 10.8 Å². The Morgan fingerprint density at radius 3 is 2.39 bits per heavy atom.